The number of methoxy groups -OCH3 is 1. The summed E-state index contributed by atoms with van der Waals surface area (Å²) in [5, 5.41) is 7.24. The summed E-state index contributed by atoms with van der Waals surface area (Å²) < 4.78 is 11.5. The number of ketones is 1. The zero-order valence-electron chi connectivity index (χ0n) is 32.3. The van der Waals surface area contributed by atoms with Gasteiger partial charge in [-0.2, -0.15) is 0 Å². The molecule has 0 bridgehead atoms. The molecule has 7 heterocycles. The van der Waals surface area contributed by atoms with E-state index in [0.29, 0.717) is 29.1 Å². The second kappa shape index (κ2) is 15.9. The van der Waals surface area contributed by atoms with Gasteiger partial charge < -0.3 is 30.7 Å². The largest absolute Gasteiger partial charge is 0.496 e. The average molecular weight is 768 g/mol. The molecule has 57 heavy (non-hydrogen) atoms. The van der Waals surface area contributed by atoms with Crippen LogP contribution >= 0.6 is 0 Å². The fourth-order valence-corrected chi connectivity index (χ4v) is 8.37. The van der Waals surface area contributed by atoms with Gasteiger partial charge in [-0.1, -0.05) is 12.1 Å². The number of nitrogens with one attached hydrogen (secondary N) is 2. The molecule has 4 aromatic heterocycles. The number of anilines is 3. The van der Waals surface area contributed by atoms with Gasteiger partial charge in [0.15, 0.2) is 23.1 Å². The fourth-order valence-electron chi connectivity index (χ4n) is 8.37. The van der Waals surface area contributed by atoms with Crippen LogP contribution in [0.2, 0.25) is 0 Å². The molecule has 5 aliphatic rings. The molecular formula is C43H49N11O3. The maximum absolute atomic E-state index is 13.1. The lowest BCUT2D eigenvalue weighted by Gasteiger charge is -2.49. The smallest absolute Gasteiger partial charge is 0.172 e. The Kier molecular flexibility index (Phi) is 10.3. The maximum atomic E-state index is 13.1. The van der Waals surface area contributed by atoms with E-state index in [0.717, 1.165) is 91.7 Å². The minimum Gasteiger partial charge on any atom is -0.496 e. The number of pyridine rings is 3. The fraction of sp³-hybridized carbons (Fsp3) is 0.419. The summed E-state index contributed by atoms with van der Waals surface area (Å²) in [5.41, 5.74) is 10.3. The van der Waals surface area contributed by atoms with E-state index >= 15 is 0 Å². The van der Waals surface area contributed by atoms with Gasteiger partial charge in [0.2, 0.25) is 0 Å². The highest BCUT2D eigenvalue weighted by molar-refractivity contribution is 6.01. The van der Waals surface area contributed by atoms with Gasteiger partial charge in [-0.15, -0.1) is 0 Å². The number of carbonyl (C=O) groups excluding carboxylic acids is 1. The number of likely N-dealkylation sites (tertiary alicyclic amines) is 1. The molecule has 5 aromatic rings. The Hall–Kier alpha value is -5.89. The van der Waals surface area contributed by atoms with Crippen molar-refractivity contribution >= 4 is 45.7 Å². The van der Waals surface area contributed by atoms with Crippen molar-refractivity contribution in [1.82, 2.24) is 29.8 Å². The Morgan fingerprint density at radius 3 is 2.32 bits per heavy atom. The highest BCUT2D eigenvalue weighted by atomic mass is 16.5. The van der Waals surface area contributed by atoms with Gasteiger partial charge in [-0.05, 0) is 87.8 Å². The number of piperidine rings is 2. The first-order chi connectivity index (χ1) is 28.0. The topological polar surface area (TPSA) is 169 Å². The van der Waals surface area contributed by atoms with E-state index < -0.39 is 5.66 Å². The predicted molar refractivity (Wildman–Crippen MR) is 220 cm³/mol. The number of benzene rings is 1. The number of aliphatic imine (C=N–C) groups is 1. The molecule has 0 amide bonds. The van der Waals surface area contributed by atoms with Gasteiger partial charge in [-0.25, -0.2) is 15.0 Å². The van der Waals surface area contributed by atoms with Gasteiger partial charge in [0, 0.05) is 68.8 Å². The summed E-state index contributed by atoms with van der Waals surface area (Å²) in [7, 11) is 1.61. The third-order valence-electron chi connectivity index (χ3n) is 11.7. The second-order valence-electron chi connectivity index (χ2n) is 15.5. The van der Waals surface area contributed by atoms with E-state index in [-0.39, 0.29) is 17.8 Å². The van der Waals surface area contributed by atoms with E-state index in [1.54, 1.807) is 38.1 Å². The van der Waals surface area contributed by atoms with Crippen LogP contribution in [0.3, 0.4) is 0 Å². The molecule has 4 N–H and O–H groups in total. The summed E-state index contributed by atoms with van der Waals surface area (Å²) in [6, 6.07) is 15.6. The monoisotopic (exact) mass is 767 g/mol. The minimum atomic E-state index is -0.391. The number of aromatic nitrogens is 5. The number of hydrogen-bond donors (Lipinski definition) is 3. The van der Waals surface area contributed by atoms with E-state index in [1.165, 1.54) is 25.7 Å². The number of nitrogens with zero attached hydrogens (tertiary/aromatic N) is 8. The van der Waals surface area contributed by atoms with Crippen molar-refractivity contribution in [2.45, 2.75) is 69.2 Å². The van der Waals surface area contributed by atoms with Gasteiger partial charge >= 0.3 is 0 Å². The molecule has 2 aliphatic carbocycles. The molecule has 14 nitrogen and oxygen atoms in total. The van der Waals surface area contributed by atoms with E-state index in [9.17, 15) is 4.79 Å². The zero-order valence-corrected chi connectivity index (χ0v) is 32.3. The van der Waals surface area contributed by atoms with E-state index in [4.69, 9.17) is 30.2 Å². The van der Waals surface area contributed by atoms with Crippen molar-refractivity contribution < 1.29 is 14.3 Å². The molecule has 3 aliphatic heterocycles. The number of hydrogen-bond acceptors (Lipinski definition) is 14. The molecule has 1 aromatic carbocycles. The Bertz CT molecular complexity index is 2230. The van der Waals surface area contributed by atoms with Crippen LogP contribution in [0.5, 0.6) is 11.5 Å². The van der Waals surface area contributed by atoms with Crippen molar-refractivity contribution in [2.75, 3.05) is 48.8 Å². The molecule has 1 atom stereocenters. The summed E-state index contributed by atoms with van der Waals surface area (Å²) in [4.78, 5) is 44.7. The van der Waals surface area contributed by atoms with E-state index in [2.05, 4.69) is 35.4 Å². The highest BCUT2D eigenvalue weighted by Gasteiger charge is 2.54. The standard InChI is InChI=1S/C23H25N5O2.C20H24N6O/c1-30-20-5-3-2-4-17(20)21(29)15-9-12-28(13-10-15)23-22(25-16-6-7-16)26-18-8-11-24-14-19(18)27-23;21-19-20(14-1-2-14,25-18-13-23-10-5-17(18)24-19)26-11-6-16(7-12-26)27-15-3-8-22-9-4-15/h2-5,8,11,14-16H,6-7,9-10,12-13H2,1H3,(H,25,26);3-5,8-10,13-14,16,25H,1-2,6-7,11-12H2,(H2,21,24). The maximum Gasteiger partial charge on any atom is 0.172 e. The first-order valence-corrected chi connectivity index (χ1v) is 20.2. The van der Waals surface area contributed by atoms with Crippen LogP contribution in [0, 0.1) is 11.8 Å². The molecule has 0 radical (unpaired) electrons. The van der Waals surface area contributed by atoms with Crippen LogP contribution in [0.4, 0.5) is 23.0 Å². The molecule has 1 unspecified atom stereocenters. The van der Waals surface area contributed by atoms with Crippen LogP contribution < -0.4 is 30.7 Å². The Balaban J connectivity index is 0.000000149. The number of rotatable bonds is 10. The highest BCUT2D eigenvalue weighted by Crippen LogP contribution is 2.48. The third-order valence-corrected chi connectivity index (χ3v) is 11.7. The SMILES string of the molecule is COc1ccccc1C(=O)C1CCN(c2nc3cnccc3nc2NC2CC2)CC1.NC1=Nc2ccncc2NC1(C1CC1)N1CCC(Oc2ccncc2)CC1. The van der Waals surface area contributed by atoms with Crippen molar-refractivity contribution in [1.29, 1.82) is 0 Å². The summed E-state index contributed by atoms with van der Waals surface area (Å²) in [6.07, 6.45) is 19.0. The normalized spacial score (nSPS) is 21.4. The summed E-state index contributed by atoms with van der Waals surface area (Å²) in [6.45, 7) is 3.38. The third kappa shape index (κ3) is 7.78. The molecule has 2 saturated heterocycles. The van der Waals surface area contributed by atoms with Crippen LogP contribution in [0.1, 0.15) is 61.7 Å². The van der Waals surface area contributed by atoms with Crippen molar-refractivity contribution in [3.63, 3.8) is 0 Å². The van der Waals surface area contributed by atoms with Crippen molar-refractivity contribution in [3.8, 4) is 11.5 Å². The van der Waals surface area contributed by atoms with Crippen molar-refractivity contribution in [2.24, 2.45) is 22.6 Å². The number of amidine groups is 1. The molecule has 10 rings (SSSR count). The van der Waals surface area contributed by atoms with E-state index in [1.807, 2.05) is 54.7 Å². The van der Waals surface area contributed by atoms with Crippen LogP contribution in [0.25, 0.3) is 11.0 Å². The van der Waals surface area contributed by atoms with Crippen LogP contribution in [0.15, 0.2) is 90.7 Å². The molecule has 14 heteroatoms. The molecule has 0 spiro atoms. The van der Waals surface area contributed by atoms with Crippen molar-refractivity contribution in [3.05, 3.63) is 91.3 Å². The Morgan fingerprint density at radius 1 is 0.825 bits per heavy atom. The predicted octanol–water partition coefficient (Wildman–Crippen LogP) is 6.25. The Labute approximate surface area is 332 Å². The number of carbonyl (C=O) groups is 1. The Morgan fingerprint density at radius 2 is 1.56 bits per heavy atom. The van der Waals surface area contributed by atoms with Gasteiger partial charge in [-0.3, -0.25) is 24.6 Å². The average Bonchev–Trinajstić information content (AvgIpc) is 4.21. The molecule has 2 saturated carbocycles. The molecule has 4 fully saturated rings. The lowest BCUT2D eigenvalue weighted by atomic mass is 9.88. The quantitative estimate of drug-likeness (QED) is 0.137. The number of ether oxygens (including phenoxy) is 2. The first-order valence-electron chi connectivity index (χ1n) is 20.2. The number of nitrogens with two attached hydrogens (primary N) is 1. The molecular weight excluding hydrogens is 719 g/mol. The number of para-hydroxylation sites is 1. The minimum absolute atomic E-state index is 0.00697. The summed E-state index contributed by atoms with van der Waals surface area (Å²) >= 11 is 0. The van der Waals surface area contributed by atoms with Crippen LogP contribution in [-0.2, 0) is 0 Å². The lowest BCUT2D eigenvalue weighted by Crippen LogP contribution is -2.67. The van der Waals surface area contributed by atoms with Gasteiger partial charge in [0.05, 0.1) is 42.0 Å². The summed E-state index contributed by atoms with van der Waals surface area (Å²) in [5.74, 6) is 4.57. The van der Waals surface area contributed by atoms with Gasteiger partial charge in [0.25, 0.3) is 0 Å². The van der Waals surface area contributed by atoms with Crippen LogP contribution in [-0.4, -0.2) is 92.5 Å². The number of Topliss-reactive ketones (excluding diaryl/α,β-unsaturated/α-hetero) is 1. The zero-order chi connectivity index (χ0) is 38.8. The lowest BCUT2D eigenvalue weighted by molar-refractivity contribution is 0.0553. The molecule has 294 valence electrons. The second-order valence-corrected chi connectivity index (χ2v) is 15.5. The van der Waals surface area contributed by atoms with Gasteiger partial charge in [0.1, 0.15) is 29.0 Å². The number of fused-ring (bicyclic) bond motifs is 2. The first kappa shape index (κ1) is 36.7.